The summed E-state index contributed by atoms with van der Waals surface area (Å²) in [5, 5.41) is 0.528. The lowest BCUT2D eigenvalue weighted by Crippen LogP contribution is -1.99. The zero-order valence-corrected chi connectivity index (χ0v) is 14.7. The summed E-state index contributed by atoms with van der Waals surface area (Å²) in [6, 6.07) is 7.44. The fourth-order valence-corrected chi connectivity index (χ4v) is 3.62. The van der Waals surface area contributed by atoms with Gasteiger partial charge in [0, 0.05) is 15.1 Å². The van der Waals surface area contributed by atoms with Crippen LogP contribution in [0.2, 0.25) is 5.02 Å². The van der Waals surface area contributed by atoms with Crippen molar-refractivity contribution in [3.05, 3.63) is 67.1 Å². The van der Waals surface area contributed by atoms with Gasteiger partial charge in [0.1, 0.15) is 11.6 Å². The second-order valence-corrected chi connectivity index (χ2v) is 6.88. The highest BCUT2D eigenvalue weighted by Gasteiger charge is 2.19. The molecular weight excluding hydrogens is 469 g/mol. The van der Waals surface area contributed by atoms with E-state index in [1.54, 1.807) is 18.2 Å². The average Bonchev–Trinajstić information content (AvgIpc) is 2.36. The van der Waals surface area contributed by atoms with E-state index >= 15 is 0 Å². The maximum atomic E-state index is 13.9. The van der Waals surface area contributed by atoms with Crippen molar-refractivity contribution < 1.29 is 8.78 Å². The van der Waals surface area contributed by atoms with Crippen LogP contribution in [0.1, 0.15) is 16.0 Å². The van der Waals surface area contributed by atoms with Gasteiger partial charge in [0.15, 0.2) is 0 Å². The van der Waals surface area contributed by atoms with Crippen LogP contribution in [0.5, 0.6) is 0 Å². The van der Waals surface area contributed by atoms with E-state index in [0.717, 1.165) is 22.2 Å². The molecule has 0 radical (unpaired) electrons. The molecule has 0 aliphatic heterocycles. The zero-order valence-electron chi connectivity index (χ0n) is 9.23. The highest BCUT2D eigenvalue weighted by Crippen LogP contribution is 2.38. The Balaban J connectivity index is 2.52. The Morgan fingerprint density at radius 2 is 1.58 bits per heavy atom. The molecule has 0 N–H and O–H groups in total. The number of hydrogen-bond acceptors (Lipinski definition) is 0. The highest BCUT2D eigenvalue weighted by molar-refractivity contribution is 9.11. The second kappa shape index (κ2) is 6.20. The molecule has 0 fully saturated rings. The van der Waals surface area contributed by atoms with Crippen molar-refractivity contribution in [3.8, 4) is 0 Å². The average molecular weight is 475 g/mol. The van der Waals surface area contributed by atoms with Gasteiger partial charge < -0.3 is 0 Å². The molecule has 0 nitrogen and oxygen atoms in total. The van der Waals surface area contributed by atoms with E-state index < -0.39 is 16.5 Å². The quantitative estimate of drug-likeness (QED) is 0.338. The zero-order chi connectivity index (χ0) is 14.2. The Morgan fingerprint density at radius 1 is 0.895 bits per heavy atom. The number of benzene rings is 2. The first-order chi connectivity index (χ1) is 8.90. The third kappa shape index (κ3) is 3.38. The minimum Gasteiger partial charge on any atom is -0.207 e. The van der Waals surface area contributed by atoms with Crippen molar-refractivity contribution in [1.82, 2.24) is 0 Å². The fraction of sp³-hybridized carbons (Fsp3) is 0.0769. The van der Waals surface area contributed by atoms with Crippen LogP contribution in [-0.2, 0) is 0 Å². The molecule has 0 saturated carbocycles. The number of hydrogen-bond donors (Lipinski definition) is 0. The van der Waals surface area contributed by atoms with E-state index in [0.29, 0.717) is 5.02 Å². The van der Waals surface area contributed by atoms with Crippen molar-refractivity contribution in [1.29, 1.82) is 0 Å². The van der Waals surface area contributed by atoms with E-state index in [1.807, 2.05) is 0 Å². The summed E-state index contributed by atoms with van der Waals surface area (Å²) in [6.07, 6.45) is 0. The third-order valence-corrected chi connectivity index (χ3v) is 5.10. The normalized spacial score (nSPS) is 12.5. The molecule has 0 aliphatic rings. The van der Waals surface area contributed by atoms with Gasteiger partial charge in [-0.15, -0.1) is 0 Å². The van der Waals surface area contributed by atoms with Crippen molar-refractivity contribution in [2.45, 2.75) is 4.83 Å². The molecule has 2 rings (SSSR count). The van der Waals surface area contributed by atoms with Gasteiger partial charge in [0.25, 0.3) is 0 Å². The molecule has 19 heavy (non-hydrogen) atoms. The molecule has 0 saturated heterocycles. The molecule has 0 aromatic heterocycles. The second-order valence-electron chi connectivity index (χ2n) is 3.82. The third-order valence-electron chi connectivity index (χ3n) is 2.54. The topological polar surface area (TPSA) is 0 Å². The molecular formula is C13H6Br3ClF2. The van der Waals surface area contributed by atoms with E-state index in [-0.39, 0.29) is 10.0 Å². The summed E-state index contributed by atoms with van der Waals surface area (Å²) in [4.78, 5) is -0.497. The van der Waals surface area contributed by atoms with Gasteiger partial charge in [0.05, 0.1) is 9.30 Å². The van der Waals surface area contributed by atoms with Gasteiger partial charge in [-0.3, -0.25) is 0 Å². The van der Waals surface area contributed by atoms with Crippen molar-refractivity contribution in [3.63, 3.8) is 0 Å². The SMILES string of the molecule is Fc1cc(C(Br)c2cc(Cl)ccc2Br)c(F)cc1Br. The number of halogens is 6. The van der Waals surface area contributed by atoms with Crippen molar-refractivity contribution >= 4 is 59.4 Å². The smallest absolute Gasteiger partial charge is 0.137 e. The number of rotatable bonds is 2. The Labute approximate surface area is 139 Å². The van der Waals surface area contributed by atoms with Crippen molar-refractivity contribution in [2.75, 3.05) is 0 Å². The van der Waals surface area contributed by atoms with Gasteiger partial charge in [-0.1, -0.05) is 43.5 Å². The molecule has 100 valence electrons. The predicted octanol–water partition coefficient (Wildman–Crippen LogP) is 6.63. The standard InChI is InChI=1S/C13H6Br3ClF2/c14-9-2-1-6(17)3-7(9)13(16)8-4-12(19)10(15)5-11(8)18/h1-5,13H. The lowest BCUT2D eigenvalue weighted by atomic mass is 10.0. The Hall–Kier alpha value is 0.0300. The van der Waals surface area contributed by atoms with E-state index in [9.17, 15) is 8.78 Å². The first-order valence-corrected chi connectivity index (χ1v) is 8.01. The van der Waals surface area contributed by atoms with Crippen LogP contribution in [0.15, 0.2) is 39.3 Å². The summed E-state index contributed by atoms with van der Waals surface area (Å²) in [6.45, 7) is 0. The summed E-state index contributed by atoms with van der Waals surface area (Å²) in [7, 11) is 0. The summed E-state index contributed by atoms with van der Waals surface area (Å²) in [5.41, 5.74) is 0.941. The van der Waals surface area contributed by atoms with Crippen LogP contribution >= 0.6 is 59.4 Å². The first kappa shape index (κ1) is 15.4. The monoisotopic (exact) mass is 472 g/mol. The maximum Gasteiger partial charge on any atom is 0.137 e. The van der Waals surface area contributed by atoms with Crippen LogP contribution in [0.3, 0.4) is 0 Å². The fourth-order valence-electron chi connectivity index (χ4n) is 1.61. The minimum atomic E-state index is -0.515. The van der Waals surface area contributed by atoms with Gasteiger partial charge in [-0.05, 0) is 51.8 Å². The Morgan fingerprint density at radius 3 is 2.26 bits per heavy atom. The molecule has 0 aliphatic carbocycles. The van der Waals surface area contributed by atoms with Crippen LogP contribution in [0.4, 0.5) is 8.78 Å². The van der Waals surface area contributed by atoms with E-state index in [2.05, 4.69) is 47.8 Å². The Kier molecular flexibility index (Phi) is 5.04. The molecule has 2 aromatic rings. The van der Waals surface area contributed by atoms with E-state index in [1.165, 1.54) is 0 Å². The molecule has 0 spiro atoms. The molecule has 6 heteroatoms. The minimum absolute atomic E-state index is 0.0959. The largest absolute Gasteiger partial charge is 0.207 e. The van der Waals surface area contributed by atoms with Gasteiger partial charge in [-0.25, -0.2) is 8.78 Å². The lowest BCUT2D eigenvalue weighted by Gasteiger charge is -2.14. The van der Waals surface area contributed by atoms with Crippen LogP contribution in [0, 0.1) is 11.6 Å². The van der Waals surface area contributed by atoms with Gasteiger partial charge in [-0.2, -0.15) is 0 Å². The molecule has 0 amide bonds. The summed E-state index contributed by atoms with van der Waals surface area (Å²) >= 11 is 15.6. The van der Waals surface area contributed by atoms with E-state index in [4.69, 9.17) is 11.6 Å². The molecule has 1 unspecified atom stereocenters. The summed E-state index contributed by atoms with van der Waals surface area (Å²) in [5.74, 6) is -1.01. The predicted molar refractivity (Wildman–Crippen MR) is 84.0 cm³/mol. The van der Waals surface area contributed by atoms with Crippen LogP contribution < -0.4 is 0 Å². The first-order valence-electron chi connectivity index (χ1n) is 5.13. The molecule has 1 atom stereocenters. The Bertz CT molecular complexity index is 632. The summed E-state index contributed by atoms with van der Waals surface area (Å²) < 4.78 is 28.3. The van der Waals surface area contributed by atoms with Crippen LogP contribution in [0.25, 0.3) is 0 Å². The van der Waals surface area contributed by atoms with Gasteiger partial charge in [0.2, 0.25) is 0 Å². The molecule has 0 bridgehead atoms. The van der Waals surface area contributed by atoms with Crippen LogP contribution in [-0.4, -0.2) is 0 Å². The maximum absolute atomic E-state index is 13.9. The number of alkyl halides is 1. The lowest BCUT2D eigenvalue weighted by molar-refractivity contribution is 0.583. The van der Waals surface area contributed by atoms with Gasteiger partial charge >= 0.3 is 0 Å². The highest BCUT2D eigenvalue weighted by atomic mass is 79.9. The van der Waals surface area contributed by atoms with Crippen molar-refractivity contribution in [2.24, 2.45) is 0 Å². The molecule has 2 aromatic carbocycles. The molecule has 0 heterocycles.